The molecule has 4 rings (SSSR count). The van der Waals surface area contributed by atoms with E-state index in [-0.39, 0.29) is 24.0 Å². The first-order valence-electron chi connectivity index (χ1n) is 11.2. The number of benzene rings is 1. The van der Waals surface area contributed by atoms with Crippen LogP contribution in [0.15, 0.2) is 34.2 Å². The van der Waals surface area contributed by atoms with E-state index < -0.39 is 10.0 Å². The van der Waals surface area contributed by atoms with Crippen LogP contribution >= 0.6 is 24.0 Å². The van der Waals surface area contributed by atoms with E-state index in [2.05, 4.69) is 17.1 Å². The van der Waals surface area contributed by atoms with Gasteiger partial charge in [0.15, 0.2) is 5.96 Å². The van der Waals surface area contributed by atoms with Gasteiger partial charge in [0, 0.05) is 32.7 Å². The minimum Gasteiger partial charge on any atom is -0.357 e. The molecule has 2 atom stereocenters. The van der Waals surface area contributed by atoms with Gasteiger partial charge < -0.3 is 10.2 Å². The lowest BCUT2D eigenvalue weighted by atomic mass is 9.82. The topological polar surface area (TPSA) is 65.0 Å². The number of halogens is 1. The van der Waals surface area contributed by atoms with Crippen molar-refractivity contribution in [3.8, 4) is 0 Å². The van der Waals surface area contributed by atoms with Crippen LogP contribution < -0.4 is 5.32 Å². The van der Waals surface area contributed by atoms with Crippen LogP contribution in [0.5, 0.6) is 0 Å². The molecule has 0 spiro atoms. The summed E-state index contributed by atoms with van der Waals surface area (Å²) in [6.07, 6.45) is 7.36. The maximum absolute atomic E-state index is 12.7. The van der Waals surface area contributed by atoms with Gasteiger partial charge in [0.1, 0.15) is 0 Å². The summed E-state index contributed by atoms with van der Waals surface area (Å²) in [5.74, 6) is 2.64. The summed E-state index contributed by atoms with van der Waals surface area (Å²) in [5, 5.41) is 3.45. The number of hydrogen-bond donors (Lipinski definition) is 1. The monoisotopic (exact) mass is 546 g/mol. The van der Waals surface area contributed by atoms with E-state index in [4.69, 9.17) is 4.99 Å². The van der Waals surface area contributed by atoms with Crippen LogP contribution in [0.1, 0.15) is 51.0 Å². The molecular formula is C22H35IN4O2S. The fraction of sp³-hybridized carbons (Fsp3) is 0.682. The number of nitrogens with zero attached hydrogens (tertiary/aromatic N) is 3. The Morgan fingerprint density at radius 1 is 1.03 bits per heavy atom. The molecule has 1 aromatic rings. The Bertz CT molecular complexity index is 808. The molecule has 3 fully saturated rings. The van der Waals surface area contributed by atoms with Crippen LogP contribution in [-0.2, 0) is 16.6 Å². The predicted molar refractivity (Wildman–Crippen MR) is 132 cm³/mol. The molecule has 0 radical (unpaired) electrons. The molecule has 1 aromatic carbocycles. The average molecular weight is 547 g/mol. The van der Waals surface area contributed by atoms with E-state index in [1.54, 1.807) is 16.4 Å². The number of rotatable bonds is 5. The van der Waals surface area contributed by atoms with Gasteiger partial charge in [-0.3, -0.25) is 0 Å². The predicted octanol–water partition coefficient (Wildman–Crippen LogP) is 3.68. The SMILES string of the molecule is CCNC(=NCc1ccc(S(=O)(=O)N2CCCC2)cc1)N1CC2CCCCC2C1.I. The molecule has 2 saturated heterocycles. The Hall–Kier alpha value is -0.870. The zero-order valence-electron chi connectivity index (χ0n) is 17.9. The number of aliphatic imine (C=N–C) groups is 1. The summed E-state index contributed by atoms with van der Waals surface area (Å²) in [6, 6.07) is 7.27. The van der Waals surface area contributed by atoms with Crippen molar-refractivity contribution in [3.63, 3.8) is 0 Å². The smallest absolute Gasteiger partial charge is 0.243 e. The molecule has 2 unspecified atom stereocenters. The molecule has 3 aliphatic rings. The molecule has 6 nitrogen and oxygen atoms in total. The van der Waals surface area contributed by atoms with Crippen molar-refractivity contribution in [2.45, 2.75) is 56.9 Å². The summed E-state index contributed by atoms with van der Waals surface area (Å²) in [7, 11) is -3.34. The first kappa shape index (κ1) is 23.8. The van der Waals surface area contributed by atoms with Gasteiger partial charge >= 0.3 is 0 Å². The highest BCUT2D eigenvalue weighted by Gasteiger charge is 2.35. The molecule has 30 heavy (non-hydrogen) atoms. The Morgan fingerprint density at radius 3 is 2.20 bits per heavy atom. The van der Waals surface area contributed by atoms with Gasteiger partial charge in [0.2, 0.25) is 10.0 Å². The van der Waals surface area contributed by atoms with Gasteiger partial charge in [-0.05, 0) is 62.1 Å². The molecule has 0 amide bonds. The van der Waals surface area contributed by atoms with Crippen molar-refractivity contribution in [1.29, 1.82) is 0 Å². The molecule has 2 heterocycles. The van der Waals surface area contributed by atoms with Crippen LogP contribution in [0.4, 0.5) is 0 Å². The second kappa shape index (κ2) is 10.6. The highest BCUT2D eigenvalue weighted by atomic mass is 127. The third-order valence-corrected chi connectivity index (χ3v) is 8.56. The summed E-state index contributed by atoms with van der Waals surface area (Å²) in [4.78, 5) is 7.68. The third kappa shape index (κ3) is 5.30. The first-order valence-corrected chi connectivity index (χ1v) is 12.6. The maximum atomic E-state index is 12.7. The van der Waals surface area contributed by atoms with Gasteiger partial charge in [-0.2, -0.15) is 4.31 Å². The van der Waals surface area contributed by atoms with Gasteiger partial charge in [-0.15, -0.1) is 24.0 Å². The van der Waals surface area contributed by atoms with Gasteiger partial charge in [0.05, 0.1) is 11.4 Å². The van der Waals surface area contributed by atoms with Crippen LogP contribution in [0.3, 0.4) is 0 Å². The molecule has 1 saturated carbocycles. The first-order chi connectivity index (χ1) is 14.1. The number of likely N-dealkylation sites (tertiary alicyclic amines) is 1. The molecule has 0 aromatic heterocycles. The largest absolute Gasteiger partial charge is 0.357 e. The van der Waals surface area contributed by atoms with Crippen molar-refractivity contribution in [2.24, 2.45) is 16.8 Å². The van der Waals surface area contributed by atoms with Crippen molar-refractivity contribution >= 4 is 40.0 Å². The Labute approximate surface area is 198 Å². The highest BCUT2D eigenvalue weighted by Crippen LogP contribution is 2.36. The number of sulfonamides is 1. The van der Waals surface area contributed by atoms with Crippen molar-refractivity contribution < 1.29 is 8.42 Å². The highest BCUT2D eigenvalue weighted by molar-refractivity contribution is 14.0. The molecular weight excluding hydrogens is 511 g/mol. The van der Waals surface area contributed by atoms with Crippen molar-refractivity contribution in [1.82, 2.24) is 14.5 Å². The van der Waals surface area contributed by atoms with Crippen LogP contribution in [-0.4, -0.2) is 56.3 Å². The molecule has 0 bridgehead atoms. The van der Waals surface area contributed by atoms with Crippen LogP contribution in [0, 0.1) is 11.8 Å². The summed E-state index contributed by atoms with van der Waals surface area (Å²) in [5.41, 5.74) is 1.04. The Kier molecular flexibility index (Phi) is 8.43. The molecule has 1 aliphatic carbocycles. The van der Waals surface area contributed by atoms with Crippen molar-refractivity contribution in [2.75, 3.05) is 32.7 Å². The normalized spacial score (nSPS) is 25.1. The Balaban J connectivity index is 0.00000256. The molecule has 2 aliphatic heterocycles. The quantitative estimate of drug-likeness (QED) is 0.348. The second-order valence-electron chi connectivity index (χ2n) is 8.63. The van der Waals surface area contributed by atoms with Crippen LogP contribution in [0.25, 0.3) is 0 Å². The minimum absolute atomic E-state index is 0. The molecule has 168 valence electrons. The van der Waals surface area contributed by atoms with Gasteiger partial charge in [0.25, 0.3) is 0 Å². The van der Waals surface area contributed by atoms with E-state index in [0.717, 1.165) is 55.8 Å². The fourth-order valence-corrected chi connectivity index (χ4v) is 6.53. The molecule has 8 heteroatoms. The summed E-state index contributed by atoms with van der Waals surface area (Å²) < 4.78 is 26.9. The van der Waals surface area contributed by atoms with E-state index in [9.17, 15) is 8.42 Å². The standard InChI is InChI=1S/C22H34N4O2S.HI/c1-2-23-22(25-16-19-7-3-4-8-20(19)17-25)24-15-18-9-11-21(12-10-18)29(27,28)26-13-5-6-14-26;/h9-12,19-20H,2-8,13-17H2,1H3,(H,23,24);1H. The van der Waals surface area contributed by atoms with E-state index in [1.165, 1.54) is 25.7 Å². The second-order valence-corrected chi connectivity index (χ2v) is 10.6. The third-order valence-electron chi connectivity index (χ3n) is 6.65. The lowest BCUT2D eigenvalue weighted by molar-refractivity contribution is 0.299. The number of nitrogens with one attached hydrogen (secondary N) is 1. The number of guanidine groups is 1. The zero-order valence-corrected chi connectivity index (χ0v) is 21.1. The lowest BCUT2D eigenvalue weighted by Gasteiger charge is -2.22. The zero-order chi connectivity index (χ0) is 20.3. The number of fused-ring (bicyclic) bond motifs is 1. The Morgan fingerprint density at radius 2 is 1.63 bits per heavy atom. The van der Waals surface area contributed by atoms with Gasteiger partial charge in [-0.25, -0.2) is 13.4 Å². The van der Waals surface area contributed by atoms with Gasteiger partial charge in [-0.1, -0.05) is 25.0 Å². The average Bonchev–Trinajstić information content (AvgIpc) is 3.41. The summed E-state index contributed by atoms with van der Waals surface area (Å²) >= 11 is 0. The van der Waals surface area contributed by atoms with Crippen LogP contribution in [0.2, 0.25) is 0 Å². The van der Waals surface area contributed by atoms with E-state index >= 15 is 0 Å². The summed E-state index contributed by atoms with van der Waals surface area (Å²) in [6.45, 7) is 7.04. The maximum Gasteiger partial charge on any atom is 0.243 e. The lowest BCUT2D eigenvalue weighted by Crippen LogP contribution is -2.40. The van der Waals surface area contributed by atoms with Crippen molar-refractivity contribution in [3.05, 3.63) is 29.8 Å². The molecule has 1 N–H and O–H groups in total. The van der Waals surface area contributed by atoms with E-state index in [1.807, 2.05) is 12.1 Å². The number of hydrogen-bond acceptors (Lipinski definition) is 3. The van der Waals surface area contributed by atoms with E-state index in [0.29, 0.717) is 24.5 Å². The minimum atomic E-state index is -3.34. The fourth-order valence-electron chi connectivity index (χ4n) is 5.02.